The van der Waals surface area contributed by atoms with Crippen LogP contribution in [0.5, 0.6) is 11.5 Å². The first-order valence-electron chi connectivity index (χ1n) is 8.21. The quantitative estimate of drug-likeness (QED) is 0.453. The molecule has 2 aromatic carbocycles. The van der Waals surface area contributed by atoms with Crippen LogP contribution in [0.2, 0.25) is 0 Å². The van der Waals surface area contributed by atoms with Crippen LogP contribution in [-0.4, -0.2) is 24.3 Å². The number of aromatic nitrogens is 1. The normalized spacial score (nSPS) is 10.3. The van der Waals surface area contributed by atoms with Crippen molar-refractivity contribution < 1.29 is 23.5 Å². The SMILES string of the molecule is Cc1cc(COC(=O)c2ccccc2OCCOc2ccccc2)on1. The van der Waals surface area contributed by atoms with Crippen LogP contribution in [0.1, 0.15) is 21.8 Å². The Morgan fingerprint density at radius 1 is 1.00 bits per heavy atom. The van der Waals surface area contributed by atoms with Gasteiger partial charge in [0, 0.05) is 6.07 Å². The summed E-state index contributed by atoms with van der Waals surface area (Å²) in [5, 5.41) is 3.75. The summed E-state index contributed by atoms with van der Waals surface area (Å²) in [6.07, 6.45) is 0. The van der Waals surface area contributed by atoms with Crippen LogP contribution >= 0.6 is 0 Å². The van der Waals surface area contributed by atoms with Crippen molar-refractivity contribution in [3.63, 3.8) is 0 Å². The smallest absolute Gasteiger partial charge is 0.342 e. The molecule has 3 rings (SSSR count). The second-order valence-corrected chi connectivity index (χ2v) is 5.52. The molecule has 6 heteroatoms. The zero-order chi connectivity index (χ0) is 18.2. The Labute approximate surface area is 151 Å². The van der Waals surface area contributed by atoms with Gasteiger partial charge in [0.2, 0.25) is 0 Å². The van der Waals surface area contributed by atoms with Gasteiger partial charge in [-0.05, 0) is 31.2 Å². The number of esters is 1. The number of rotatable bonds is 8. The molecule has 0 saturated heterocycles. The molecule has 0 aliphatic heterocycles. The Bertz CT molecular complexity index is 844. The third kappa shape index (κ3) is 4.86. The van der Waals surface area contributed by atoms with E-state index in [-0.39, 0.29) is 6.61 Å². The molecule has 3 aromatic rings. The average Bonchev–Trinajstić information content (AvgIpc) is 3.10. The lowest BCUT2D eigenvalue weighted by Crippen LogP contribution is -2.12. The van der Waals surface area contributed by atoms with Crippen LogP contribution in [0.3, 0.4) is 0 Å². The summed E-state index contributed by atoms with van der Waals surface area (Å²) >= 11 is 0. The molecule has 0 amide bonds. The third-order valence-corrected chi connectivity index (χ3v) is 3.48. The Balaban J connectivity index is 1.52. The Hall–Kier alpha value is -3.28. The minimum atomic E-state index is -0.487. The van der Waals surface area contributed by atoms with Gasteiger partial charge in [0.25, 0.3) is 0 Å². The fourth-order valence-electron chi connectivity index (χ4n) is 2.29. The van der Waals surface area contributed by atoms with Crippen molar-refractivity contribution >= 4 is 5.97 Å². The van der Waals surface area contributed by atoms with Crippen LogP contribution < -0.4 is 9.47 Å². The molecule has 0 spiro atoms. The summed E-state index contributed by atoms with van der Waals surface area (Å²) in [6.45, 7) is 2.49. The number of nitrogens with zero attached hydrogens (tertiary/aromatic N) is 1. The number of ether oxygens (including phenoxy) is 3. The summed E-state index contributed by atoms with van der Waals surface area (Å²) in [4.78, 5) is 12.3. The van der Waals surface area contributed by atoms with Crippen LogP contribution in [0, 0.1) is 6.92 Å². The molecule has 1 aromatic heterocycles. The fraction of sp³-hybridized carbons (Fsp3) is 0.200. The summed E-state index contributed by atoms with van der Waals surface area (Å²) in [6, 6.07) is 18.1. The number of hydrogen-bond acceptors (Lipinski definition) is 6. The second kappa shape index (κ2) is 8.71. The number of carbonyl (C=O) groups excluding carboxylic acids is 1. The molecular formula is C20H19NO5. The largest absolute Gasteiger partial charge is 0.490 e. The lowest BCUT2D eigenvalue weighted by Gasteiger charge is -2.11. The monoisotopic (exact) mass is 353 g/mol. The highest BCUT2D eigenvalue weighted by Gasteiger charge is 2.15. The van der Waals surface area contributed by atoms with Crippen LogP contribution in [0.25, 0.3) is 0 Å². The standard InChI is InChI=1S/C20H19NO5/c1-15-13-17(26-21-15)14-25-20(22)18-9-5-6-10-19(18)24-12-11-23-16-7-3-2-4-8-16/h2-10,13H,11-12,14H2,1H3. The van der Waals surface area contributed by atoms with Crippen molar-refractivity contribution in [1.82, 2.24) is 5.16 Å². The highest BCUT2D eigenvalue weighted by Crippen LogP contribution is 2.20. The number of aryl methyl sites for hydroxylation is 1. The van der Waals surface area contributed by atoms with Crippen molar-refractivity contribution in [2.45, 2.75) is 13.5 Å². The molecular weight excluding hydrogens is 334 g/mol. The first kappa shape index (κ1) is 17.5. The van der Waals surface area contributed by atoms with Gasteiger partial charge in [-0.2, -0.15) is 0 Å². The van der Waals surface area contributed by atoms with Crippen LogP contribution in [0.4, 0.5) is 0 Å². The van der Waals surface area contributed by atoms with E-state index in [1.54, 1.807) is 37.3 Å². The predicted octanol–water partition coefficient (Wildman–Crippen LogP) is 3.80. The molecule has 134 valence electrons. The maximum atomic E-state index is 12.3. The zero-order valence-electron chi connectivity index (χ0n) is 14.4. The second-order valence-electron chi connectivity index (χ2n) is 5.52. The van der Waals surface area contributed by atoms with Crippen molar-refractivity contribution in [3.05, 3.63) is 77.7 Å². The van der Waals surface area contributed by atoms with Gasteiger partial charge in [-0.3, -0.25) is 0 Å². The van der Waals surface area contributed by atoms with Gasteiger partial charge in [0.15, 0.2) is 12.4 Å². The first-order chi connectivity index (χ1) is 12.7. The highest BCUT2D eigenvalue weighted by atomic mass is 16.6. The molecule has 0 aliphatic rings. The van der Waals surface area contributed by atoms with Crippen molar-refractivity contribution in [1.29, 1.82) is 0 Å². The number of benzene rings is 2. The molecule has 0 bridgehead atoms. The zero-order valence-corrected chi connectivity index (χ0v) is 14.4. The van der Waals surface area contributed by atoms with Gasteiger partial charge in [0.1, 0.15) is 30.3 Å². The van der Waals surface area contributed by atoms with E-state index in [1.165, 1.54) is 0 Å². The Morgan fingerprint density at radius 3 is 2.50 bits per heavy atom. The van der Waals surface area contributed by atoms with E-state index in [0.717, 1.165) is 11.4 Å². The van der Waals surface area contributed by atoms with Gasteiger partial charge >= 0.3 is 5.97 Å². The molecule has 0 unspecified atom stereocenters. The molecule has 6 nitrogen and oxygen atoms in total. The topological polar surface area (TPSA) is 70.8 Å². The molecule has 0 atom stereocenters. The predicted molar refractivity (Wildman–Crippen MR) is 94.2 cm³/mol. The van der Waals surface area contributed by atoms with Crippen LogP contribution in [-0.2, 0) is 11.3 Å². The molecule has 1 heterocycles. The van der Waals surface area contributed by atoms with Crippen LogP contribution in [0.15, 0.2) is 65.2 Å². The van der Waals surface area contributed by atoms with Crippen molar-refractivity contribution in [3.8, 4) is 11.5 Å². The summed E-state index contributed by atoms with van der Waals surface area (Å²) in [5.41, 5.74) is 1.08. The fourth-order valence-corrected chi connectivity index (χ4v) is 2.29. The van der Waals surface area contributed by atoms with E-state index < -0.39 is 5.97 Å². The molecule has 0 aliphatic carbocycles. The van der Waals surface area contributed by atoms with E-state index in [9.17, 15) is 4.79 Å². The van der Waals surface area contributed by atoms with Crippen molar-refractivity contribution in [2.24, 2.45) is 0 Å². The molecule has 0 N–H and O–H groups in total. The van der Waals surface area contributed by atoms with E-state index in [1.807, 2.05) is 30.3 Å². The molecule has 0 saturated carbocycles. The van der Waals surface area contributed by atoms with E-state index in [2.05, 4.69) is 5.16 Å². The van der Waals surface area contributed by atoms with Gasteiger partial charge < -0.3 is 18.7 Å². The van der Waals surface area contributed by atoms with Crippen molar-refractivity contribution in [2.75, 3.05) is 13.2 Å². The number of carbonyl (C=O) groups is 1. The van der Waals surface area contributed by atoms with Gasteiger partial charge in [-0.25, -0.2) is 4.79 Å². The Morgan fingerprint density at radius 2 is 1.73 bits per heavy atom. The van der Waals surface area contributed by atoms with Gasteiger partial charge in [-0.1, -0.05) is 35.5 Å². The lowest BCUT2D eigenvalue weighted by atomic mass is 10.2. The van der Waals surface area contributed by atoms with Gasteiger partial charge in [-0.15, -0.1) is 0 Å². The maximum Gasteiger partial charge on any atom is 0.342 e. The minimum absolute atomic E-state index is 0.0190. The lowest BCUT2D eigenvalue weighted by molar-refractivity contribution is 0.0432. The van der Waals surface area contributed by atoms with E-state index >= 15 is 0 Å². The van der Waals surface area contributed by atoms with E-state index in [4.69, 9.17) is 18.7 Å². The summed E-state index contributed by atoms with van der Waals surface area (Å²) < 4.78 is 21.5. The summed E-state index contributed by atoms with van der Waals surface area (Å²) in [5.74, 6) is 1.22. The number of para-hydroxylation sites is 2. The maximum absolute atomic E-state index is 12.3. The minimum Gasteiger partial charge on any atom is -0.490 e. The highest BCUT2D eigenvalue weighted by molar-refractivity contribution is 5.92. The molecule has 26 heavy (non-hydrogen) atoms. The first-order valence-corrected chi connectivity index (χ1v) is 8.21. The molecule has 0 fully saturated rings. The average molecular weight is 353 g/mol. The summed E-state index contributed by atoms with van der Waals surface area (Å²) in [7, 11) is 0. The third-order valence-electron chi connectivity index (χ3n) is 3.48. The molecule has 0 radical (unpaired) electrons. The number of hydrogen-bond donors (Lipinski definition) is 0. The Kier molecular flexibility index (Phi) is 5.88. The van der Waals surface area contributed by atoms with Gasteiger partial charge in [0.05, 0.1) is 5.69 Å². The van der Waals surface area contributed by atoms with E-state index in [0.29, 0.717) is 30.3 Å².